The van der Waals surface area contributed by atoms with Crippen molar-refractivity contribution in [3.63, 3.8) is 0 Å². The Balaban J connectivity index is 0. The third-order valence-corrected chi connectivity index (χ3v) is 10.4. The van der Waals surface area contributed by atoms with E-state index >= 15 is 0 Å². The van der Waals surface area contributed by atoms with E-state index in [1.165, 1.54) is 0 Å². The van der Waals surface area contributed by atoms with Gasteiger partial charge in [0.15, 0.2) is 0 Å². The van der Waals surface area contributed by atoms with Gasteiger partial charge in [0, 0.05) is 0 Å². The van der Waals surface area contributed by atoms with Gasteiger partial charge in [-0.25, -0.2) is 12.1 Å². The van der Waals surface area contributed by atoms with Crippen LogP contribution < -0.4 is 10.6 Å². The van der Waals surface area contributed by atoms with Gasteiger partial charge in [0.05, 0.1) is 0 Å². The zero-order valence-electron chi connectivity index (χ0n) is 18.2. The Morgan fingerprint density at radius 1 is 0.679 bits per heavy atom. The van der Waals surface area contributed by atoms with Crippen LogP contribution in [0.5, 0.6) is 0 Å². The van der Waals surface area contributed by atoms with E-state index < -0.39 is 0 Å². The second-order valence-electron chi connectivity index (χ2n) is 7.52. The summed E-state index contributed by atoms with van der Waals surface area (Å²) in [4.78, 5) is 0. The van der Waals surface area contributed by atoms with Gasteiger partial charge in [0.25, 0.3) is 0 Å². The number of halogens is 2. The van der Waals surface area contributed by atoms with Crippen LogP contribution in [-0.4, -0.2) is 22.6 Å². The van der Waals surface area contributed by atoms with Crippen LogP contribution in [0.3, 0.4) is 0 Å². The fourth-order valence-corrected chi connectivity index (χ4v) is 9.26. The molecule has 6 heteroatoms. The number of rotatable bonds is 6. The van der Waals surface area contributed by atoms with Crippen molar-refractivity contribution in [3.05, 3.63) is 48.5 Å². The Hall–Kier alpha value is 1.70. The minimum atomic E-state index is 0. The van der Waals surface area contributed by atoms with Crippen molar-refractivity contribution in [2.24, 2.45) is 0 Å². The van der Waals surface area contributed by atoms with Gasteiger partial charge in [-0.15, -0.1) is 15.8 Å². The summed E-state index contributed by atoms with van der Waals surface area (Å²) in [7, 11) is 0.127. The molecule has 0 aliphatic carbocycles. The summed E-state index contributed by atoms with van der Waals surface area (Å²) in [5, 5.41) is 3.13. The van der Waals surface area contributed by atoms with Gasteiger partial charge in [0.2, 0.25) is 0 Å². The Bertz CT molecular complexity index is 489. The Kier molecular flexibility index (Phi) is 20.8. The van der Waals surface area contributed by atoms with Crippen LogP contribution in [0.2, 0.25) is 0 Å². The summed E-state index contributed by atoms with van der Waals surface area (Å²) in [5.41, 5.74) is 3.23. The van der Waals surface area contributed by atoms with Gasteiger partial charge in [0.1, 0.15) is 0 Å². The summed E-state index contributed by atoms with van der Waals surface area (Å²) in [6, 6.07) is 17.7. The summed E-state index contributed by atoms with van der Waals surface area (Å²) < 4.78 is 0. The zero-order chi connectivity index (χ0) is 21.0. The van der Waals surface area contributed by atoms with Gasteiger partial charge < -0.3 is 0 Å². The van der Waals surface area contributed by atoms with Gasteiger partial charge in [-0.2, -0.15) is 47.0 Å². The van der Waals surface area contributed by atoms with E-state index in [-0.39, 0.29) is 32.9 Å². The molecular formula is C22H36Br2FeP2Pd. The SMILES string of the molecule is CC(C)P(c1cc[cH-]c1)C(C)C.CC(C)P(c1cc[cH-]c1)C(C)C.[Br][Pd][Br].[Fe+2]. The van der Waals surface area contributed by atoms with Gasteiger partial charge >= 0.3 is 57.9 Å². The van der Waals surface area contributed by atoms with E-state index in [1.807, 2.05) is 0 Å². The van der Waals surface area contributed by atoms with Crippen molar-refractivity contribution >= 4 is 53.3 Å². The molecule has 0 nitrogen and oxygen atoms in total. The van der Waals surface area contributed by atoms with Crippen molar-refractivity contribution in [2.75, 3.05) is 0 Å². The van der Waals surface area contributed by atoms with Crippen LogP contribution in [-0.2, 0) is 31.0 Å². The third kappa shape index (κ3) is 12.5. The number of hydrogen-bond acceptors (Lipinski definition) is 0. The van der Waals surface area contributed by atoms with Crippen molar-refractivity contribution < 1.29 is 31.0 Å². The van der Waals surface area contributed by atoms with Crippen molar-refractivity contribution in [2.45, 2.75) is 78.0 Å². The molecule has 166 valence electrons. The van der Waals surface area contributed by atoms with Crippen LogP contribution >= 0.6 is 42.7 Å². The maximum absolute atomic E-state index is 3.11. The molecule has 0 saturated carbocycles. The van der Waals surface area contributed by atoms with Crippen LogP contribution in [0.4, 0.5) is 0 Å². The molecule has 0 fully saturated rings. The second-order valence-corrected chi connectivity index (χ2v) is 21.5. The molecule has 0 unspecified atom stereocenters. The predicted octanol–water partition coefficient (Wildman–Crippen LogP) is 8.35. The molecule has 0 aliphatic heterocycles. The second kappa shape index (κ2) is 18.3. The molecule has 0 radical (unpaired) electrons. The first kappa shape index (κ1) is 31.9. The molecule has 0 heterocycles. The zero-order valence-corrected chi connectivity index (χ0v) is 25.9. The molecule has 2 rings (SSSR count). The molecule has 0 aliphatic rings. The Morgan fingerprint density at radius 2 is 0.929 bits per heavy atom. The van der Waals surface area contributed by atoms with Gasteiger partial charge in [-0.1, -0.05) is 55.4 Å². The molecule has 28 heavy (non-hydrogen) atoms. The van der Waals surface area contributed by atoms with Crippen LogP contribution in [0.15, 0.2) is 48.5 Å². The van der Waals surface area contributed by atoms with Gasteiger partial charge in [-0.3, -0.25) is 0 Å². The van der Waals surface area contributed by atoms with E-state index in [4.69, 9.17) is 0 Å². The molecule has 0 amide bonds. The molecule has 0 bridgehead atoms. The van der Waals surface area contributed by atoms with Crippen LogP contribution in [0.1, 0.15) is 55.4 Å². The maximum atomic E-state index is 3.11. The normalized spacial score (nSPS) is 11.0. The summed E-state index contributed by atoms with van der Waals surface area (Å²) in [6.07, 6.45) is 0. The molecule has 0 atom stereocenters. The number of hydrogen-bond donors (Lipinski definition) is 0. The fraction of sp³-hybridized carbons (Fsp3) is 0.545. The molecule has 2 aromatic rings. The fourth-order valence-electron chi connectivity index (χ4n) is 3.46. The Morgan fingerprint density at radius 3 is 1.07 bits per heavy atom. The largest absolute Gasteiger partial charge is 2.00 e. The predicted molar refractivity (Wildman–Crippen MR) is 136 cm³/mol. The van der Waals surface area contributed by atoms with Crippen LogP contribution in [0, 0.1) is 0 Å². The monoisotopic (exact) mass is 682 g/mol. The smallest absolute Gasteiger partial charge is 2.00 e. The van der Waals surface area contributed by atoms with E-state index in [9.17, 15) is 0 Å². The molecule has 0 saturated heterocycles. The summed E-state index contributed by atoms with van der Waals surface area (Å²) in [5.74, 6) is 0. The first-order valence-corrected chi connectivity index (χ1v) is 19.6. The van der Waals surface area contributed by atoms with Crippen molar-refractivity contribution in [1.29, 1.82) is 0 Å². The Labute approximate surface area is 209 Å². The molecule has 0 aromatic heterocycles. The van der Waals surface area contributed by atoms with E-state index in [0.29, 0.717) is 13.9 Å². The molecule has 2 aromatic carbocycles. The van der Waals surface area contributed by atoms with E-state index in [0.717, 1.165) is 22.6 Å². The molecular weight excluding hydrogens is 648 g/mol. The van der Waals surface area contributed by atoms with Gasteiger partial charge in [-0.05, 0) is 22.6 Å². The quantitative estimate of drug-likeness (QED) is 0.163. The first-order chi connectivity index (χ1) is 12.7. The molecule has 0 spiro atoms. The third-order valence-electron chi connectivity index (χ3n) is 4.11. The molecule has 0 N–H and O–H groups in total. The summed E-state index contributed by atoms with van der Waals surface area (Å²) in [6.45, 7) is 18.7. The average Bonchev–Trinajstić information content (AvgIpc) is 3.21. The minimum Gasteiger partial charge on any atom is 2.00 e. The van der Waals surface area contributed by atoms with Crippen molar-refractivity contribution in [1.82, 2.24) is 0 Å². The van der Waals surface area contributed by atoms with Crippen molar-refractivity contribution in [3.8, 4) is 0 Å². The topological polar surface area (TPSA) is 0 Å². The average molecular weight is 685 g/mol. The van der Waals surface area contributed by atoms with Crippen LogP contribution in [0.25, 0.3) is 0 Å². The minimum absolute atomic E-state index is 0. The van der Waals surface area contributed by atoms with E-state index in [1.54, 1.807) is 10.6 Å². The summed E-state index contributed by atoms with van der Waals surface area (Å²) >= 11 is 6.80. The maximum Gasteiger partial charge on any atom is 2.00 e. The van der Waals surface area contributed by atoms with E-state index in [2.05, 4.69) is 131 Å². The standard InChI is InChI=1S/2C11H18P.2BrH.Fe.Pd/c2*1-9(2)12(10(3)4)11-7-5-6-8-11;;;;/h2*5-10H,1-4H3;2*1H;;/q2*-1;;;2*+2/p-2. The first-order valence-electron chi connectivity index (χ1n) is 9.49.